The van der Waals surface area contributed by atoms with Gasteiger partial charge in [0, 0.05) is 5.54 Å². The standard InChI is InChI=1S/C11H13FN2O2S/c1-11(2,3)14-17(15,16)10-6-8(7-13)4-5-9(10)12/h4-6,14H,1-3H3. The van der Waals surface area contributed by atoms with Gasteiger partial charge in [-0.15, -0.1) is 0 Å². The molecule has 0 aromatic heterocycles. The molecule has 0 aliphatic rings. The van der Waals surface area contributed by atoms with E-state index in [1.165, 1.54) is 6.07 Å². The predicted molar refractivity (Wildman–Crippen MR) is 61.2 cm³/mol. The molecule has 0 aliphatic carbocycles. The van der Waals surface area contributed by atoms with Gasteiger partial charge in [-0.05, 0) is 39.0 Å². The van der Waals surface area contributed by atoms with Crippen molar-refractivity contribution in [2.45, 2.75) is 31.2 Å². The number of rotatable bonds is 2. The number of nitrogens with zero attached hydrogens (tertiary/aromatic N) is 1. The molecule has 0 heterocycles. The number of nitrogens with one attached hydrogen (secondary N) is 1. The number of sulfonamides is 1. The zero-order valence-corrected chi connectivity index (χ0v) is 10.6. The third-order valence-electron chi connectivity index (χ3n) is 1.79. The Balaban J connectivity index is 3.29. The molecule has 0 spiro atoms. The summed E-state index contributed by atoms with van der Waals surface area (Å²) < 4.78 is 39.5. The minimum Gasteiger partial charge on any atom is -0.207 e. The molecule has 0 aliphatic heterocycles. The number of hydrogen-bond donors (Lipinski definition) is 1. The van der Waals surface area contributed by atoms with Crippen LogP contribution in [0, 0.1) is 17.1 Å². The zero-order valence-electron chi connectivity index (χ0n) is 9.78. The van der Waals surface area contributed by atoms with E-state index in [2.05, 4.69) is 4.72 Å². The molecule has 4 nitrogen and oxygen atoms in total. The maximum absolute atomic E-state index is 13.4. The van der Waals surface area contributed by atoms with E-state index in [4.69, 9.17) is 5.26 Å². The highest BCUT2D eigenvalue weighted by atomic mass is 32.2. The Hall–Kier alpha value is -1.45. The van der Waals surface area contributed by atoms with Crippen molar-refractivity contribution in [2.24, 2.45) is 0 Å². The fourth-order valence-corrected chi connectivity index (χ4v) is 2.76. The van der Waals surface area contributed by atoms with Gasteiger partial charge < -0.3 is 0 Å². The SMILES string of the molecule is CC(C)(C)NS(=O)(=O)c1cc(C#N)ccc1F. The maximum Gasteiger partial charge on any atom is 0.244 e. The second-order valence-corrected chi connectivity index (χ2v) is 6.26. The first-order valence-corrected chi connectivity index (χ1v) is 6.38. The first-order chi connectivity index (χ1) is 7.65. The molecule has 92 valence electrons. The predicted octanol–water partition coefficient (Wildman–Crippen LogP) is 1.77. The molecule has 0 unspecified atom stereocenters. The van der Waals surface area contributed by atoms with E-state index >= 15 is 0 Å². The lowest BCUT2D eigenvalue weighted by Gasteiger charge is -2.20. The van der Waals surface area contributed by atoms with E-state index < -0.39 is 26.3 Å². The number of benzene rings is 1. The van der Waals surface area contributed by atoms with Crippen molar-refractivity contribution < 1.29 is 12.8 Å². The van der Waals surface area contributed by atoms with Crippen LogP contribution >= 0.6 is 0 Å². The monoisotopic (exact) mass is 256 g/mol. The Morgan fingerprint density at radius 1 is 1.35 bits per heavy atom. The molecule has 1 aromatic carbocycles. The summed E-state index contributed by atoms with van der Waals surface area (Å²) >= 11 is 0. The van der Waals surface area contributed by atoms with Crippen LogP contribution < -0.4 is 4.72 Å². The van der Waals surface area contributed by atoms with Gasteiger partial charge in [0.2, 0.25) is 10.0 Å². The average molecular weight is 256 g/mol. The fraction of sp³-hybridized carbons (Fsp3) is 0.364. The van der Waals surface area contributed by atoms with E-state index in [1.54, 1.807) is 26.8 Å². The van der Waals surface area contributed by atoms with Crippen molar-refractivity contribution in [1.29, 1.82) is 5.26 Å². The van der Waals surface area contributed by atoms with Crippen molar-refractivity contribution >= 4 is 10.0 Å². The Morgan fingerprint density at radius 2 is 1.94 bits per heavy atom. The number of halogens is 1. The molecular weight excluding hydrogens is 243 g/mol. The summed E-state index contributed by atoms with van der Waals surface area (Å²) in [5.41, 5.74) is -0.617. The van der Waals surface area contributed by atoms with Gasteiger partial charge in [-0.25, -0.2) is 17.5 Å². The van der Waals surface area contributed by atoms with Crippen LogP contribution in [0.3, 0.4) is 0 Å². The van der Waals surface area contributed by atoms with E-state index in [0.717, 1.165) is 12.1 Å². The van der Waals surface area contributed by atoms with Crippen LogP contribution in [-0.2, 0) is 10.0 Å². The van der Waals surface area contributed by atoms with Gasteiger partial charge in [-0.3, -0.25) is 0 Å². The van der Waals surface area contributed by atoms with Crippen LogP contribution in [0.2, 0.25) is 0 Å². The molecule has 0 saturated heterocycles. The molecular formula is C11H13FN2O2S. The van der Waals surface area contributed by atoms with Gasteiger partial charge in [0.05, 0.1) is 11.6 Å². The lowest BCUT2D eigenvalue weighted by molar-refractivity contribution is 0.486. The van der Waals surface area contributed by atoms with Gasteiger partial charge in [0.25, 0.3) is 0 Å². The molecule has 0 atom stereocenters. The summed E-state index contributed by atoms with van der Waals surface area (Å²) in [5.74, 6) is -0.874. The maximum atomic E-state index is 13.4. The molecule has 1 rings (SSSR count). The lowest BCUT2D eigenvalue weighted by atomic mass is 10.1. The Labute approximate surface area is 100 Å². The molecule has 1 N–H and O–H groups in total. The van der Waals surface area contributed by atoms with Gasteiger partial charge >= 0.3 is 0 Å². The normalized spacial score (nSPS) is 12.2. The Morgan fingerprint density at radius 3 is 2.41 bits per heavy atom. The molecule has 0 bridgehead atoms. The van der Waals surface area contributed by atoms with Gasteiger partial charge in [-0.2, -0.15) is 5.26 Å². The van der Waals surface area contributed by atoms with Gasteiger partial charge in [0.1, 0.15) is 10.7 Å². The third-order valence-corrected chi connectivity index (χ3v) is 3.56. The van der Waals surface area contributed by atoms with Crippen molar-refractivity contribution in [1.82, 2.24) is 4.72 Å². The van der Waals surface area contributed by atoms with E-state index in [9.17, 15) is 12.8 Å². The van der Waals surface area contributed by atoms with Crippen molar-refractivity contribution in [3.05, 3.63) is 29.6 Å². The molecule has 0 amide bonds. The molecule has 0 fully saturated rings. The summed E-state index contributed by atoms with van der Waals surface area (Å²) in [6, 6.07) is 4.98. The first kappa shape index (κ1) is 13.6. The van der Waals surface area contributed by atoms with Crippen molar-refractivity contribution in [3.8, 4) is 6.07 Å². The quantitative estimate of drug-likeness (QED) is 0.876. The second kappa shape index (κ2) is 4.43. The summed E-state index contributed by atoms with van der Waals surface area (Å²) in [4.78, 5) is -0.508. The van der Waals surface area contributed by atoms with E-state index in [0.29, 0.717) is 0 Å². The summed E-state index contributed by atoms with van der Waals surface area (Å²) in [5, 5.41) is 8.66. The van der Waals surface area contributed by atoms with E-state index in [-0.39, 0.29) is 5.56 Å². The largest absolute Gasteiger partial charge is 0.244 e. The van der Waals surface area contributed by atoms with Crippen LogP contribution in [0.4, 0.5) is 4.39 Å². The molecule has 17 heavy (non-hydrogen) atoms. The van der Waals surface area contributed by atoms with Crippen molar-refractivity contribution in [3.63, 3.8) is 0 Å². The highest BCUT2D eigenvalue weighted by molar-refractivity contribution is 7.89. The molecule has 0 saturated carbocycles. The Bertz CT molecular complexity index is 568. The average Bonchev–Trinajstić information content (AvgIpc) is 2.14. The minimum absolute atomic E-state index is 0.0979. The lowest BCUT2D eigenvalue weighted by Crippen LogP contribution is -2.40. The molecule has 6 heteroatoms. The number of hydrogen-bond acceptors (Lipinski definition) is 3. The van der Waals surface area contributed by atoms with Crippen LogP contribution in [0.1, 0.15) is 26.3 Å². The highest BCUT2D eigenvalue weighted by Gasteiger charge is 2.25. The highest BCUT2D eigenvalue weighted by Crippen LogP contribution is 2.18. The van der Waals surface area contributed by atoms with Crippen LogP contribution in [0.25, 0.3) is 0 Å². The smallest absolute Gasteiger partial charge is 0.207 e. The van der Waals surface area contributed by atoms with Crippen LogP contribution in [0.15, 0.2) is 23.1 Å². The zero-order chi connectivity index (χ0) is 13.3. The van der Waals surface area contributed by atoms with E-state index in [1.807, 2.05) is 0 Å². The van der Waals surface area contributed by atoms with Crippen LogP contribution in [-0.4, -0.2) is 14.0 Å². The van der Waals surface area contributed by atoms with Crippen molar-refractivity contribution in [2.75, 3.05) is 0 Å². The molecule has 1 aromatic rings. The topological polar surface area (TPSA) is 70.0 Å². The fourth-order valence-electron chi connectivity index (χ4n) is 1.24. The first-order valence-electron chi connectivity index (χ1n) is 4.89. The minimum atomic E-state index is -3.96. The molecule has 0 radical (unpaired) electrons. The van der Waals surface area contributed by atoms with Gasteiger partial charge in [-0.1, -0.05) is 0 Å². The summed E-state index contributed by atoms with van der Waals surface area (Å²) in [6.07, 6.45) is 0. The summed E-state index contributed by atoms with van der Waals surface area (Å²) in [6.45, 7) is 4.95. The number of nitriles is 1. The third kappa shape index (κ3) is 3.51. The summed E-state index contributed by atoms with van der Waals surface area (Å²) in [7, 11) is -3.96. The van der Waals surface area contributed by atoms with Crippen LogP contribution in [0.5, 0.6) is 0 Å². The van der Waals surface area contributed by atoms with Gasteiger partial charge in [0.15, 0.2) is 0 Å². The Kier molecular flexibility index (Phi) is 3.55. The second-order valence-electron chi connectivity index (χ2n) is 4.61.